The van der Waals surface area contributed by atoms with E-state index in [0.29, 0.717) is 30.5 Å². The Balaban J connectivity index is 1.85. The molecule has 6 heteroatoms. The van der Waals surface area contributed by atoms with Crippen LogP contribution in [0.4, 0.5) is 18.9 Å². The lowest BCUT2D eigenvalue weighted by molar-refractivity contribution is -0.137. The third-order valence-corrected chi connectivity index (χ3v) is 5.31. The van der Waals surface area contributed by atoms with Gasteiger partial charge in [-0.3, -0.25) is 14.5 Å². The van der Waals surface area contributed by atoms with Crippen LogP contribution in [0.1, 0.15) is 42.7 Å². The molecule has 0 unspecified atom stereocenters. The predicted molar refractivity (Wildman–Crippen MR) is 98.6 cm³/mol. The Morgan fingerprint density at radius 1 is 0.929 bits per heavy atom. The minimum atomic E-state index is -4.50. The number of anilines is 1. The maximum atomic E-state index is 13.1. The van der Waals surface area contributed by atoms with Crippen LogP contribution in [0.15, 0.2) is 65.9 Å². The number of amides is 1. The number of carbonyl (C=O) groups excluding carboxylic acids is 2. The van der Waals surface area contributed by atoms with Crippen LogP contribution in [0.2, 0.25) is 0 Å². The molecule has 1 heterocycles. The molecule has 0 saturated carbocycles. The topological polar surface area (TPSA) is 37.4 Å². The second kappa shape index (κ2) is 6.93. The van der Waals surface area contributed by atoms with Crippen molar-refractivity contribution in [2.24, 2.45) is 0 Å². The second-order valence-corrected chi connectivity index (χ2v) is 7.08. The average molecular weight is 385 g/mol. The highest BCUT2D eigenvalue weighted by atomic mass is 19.4. The van der Waals surface area contributed by atoms with E-state index in [-0.39, 0.29) is 29.7 Å². The van der Waals surface area contributed by atoms with Crippen LogP contribution in [0.5, 0.6) is 0 Å². The summed E-state index contributed by atoms with van der Waals surface area (Å²) in [5, 5.41) is 0. The molecule has 0 saturated heterocycles. The minimum absolute atomic E-state index is 0.0282. The molecule has 1 amide bonds. The molecule has 0 radical (unpaired) electrons. The van der Waals surface area contributed by atoms with Crippen molar-refractivity contribution in [1.82, 2.24) is 0 Å². The van der Waals surface area contributed by atoms with Crippen molar-refractivity contribution in [1.29, 1.82) is 0 Å². The highest BCUT2D eigenvalue weighted by Crippen LogP contribution is 2.44. The van der Waals surface area contributed by atoms with E-state index in [2.05, 4.69) is 0 Å². The molecular weight excluding hydrogens is 367 g/mol. The Kier molecular flexibility index (Phi) is 4.57. The Morgan fingerprint density at radius 2 is 1.68 bits per heavy atom. The summed E-state index contributed by atoms with van der Waals surface area (Å²) in [5.74, 6) is -0.667. The Hall–Kier alpha value is -2.89. The highest BCUT2D eigenvalue weighted by molar-refractivity contribution is 6.07. The summed E-state index contributed by atoms with van der Waals surface area (Å²) in [6.45, 7) is 0. The fourth-order valence-corrected chi connectivity index (χ4v) is 4.08. The lowest BCUT2D eigenvalue weighted by Crippen LogP contribution is -2.40. The molecule has 4 rings (SSSR count). The molecule has 144 valence electrons. The van der Waals surface area contributed by atoms with E-state index in [9.17, 15) is 22.8 Å². The summed E-state index contributed by atoms with van der Waals surface area (Å²) < 4.78 is 39.4. The van der Waals surface area contributed by atoms with Gasteiger partial charge in [-0.2, -0.15) is 13.2 Å². The normalized spacial score (nSPS) is 20.4. The van der Waals surface area contributed by atoms with Gasteiger partial charge in [-0.25, -0.2) is 0 Å². The number of Topliss-reactive ketones (excluding diaryl/α,β-unsaturated/α-hetero) is 1. The van der Waals surface area contributed by atoms with Crippen molar-refractivity contribution in [3.05, 3.63) is 77.0 Å². The van der Waals surface area contributed by atoms with Gasteiger partial charge in [0.2, 0.25) is 5.91 Å². The van der Waals surface area contributed by atoms with E-state index >= 15 is 0 Å². The molecule has 0 aromatic heterocycles. The lowest BCUT2D eigenvalue weighted by atomic mass is 9.77. The first-order valence-electron chi connectivity index (χ1n) is 9.17. The number of hydrogen-bond donors (Lipinski definition) is 0. The van der Waals surface area contributed by atoms with Gasteiger partial charge in [-0.05, 0) is 36.6 Å². The van der Waals surface area contributed by atoms with Crippen molar-refractivity contribution < 1.29 is 22.8 Å². The Bertz CT molecular complexity index is 963. The third kappa shape index (κ3) is 3.23. The summed E-state index contributed by atoms with van der Waals surface area (Å²) in [4.78, 5) is 27.1. The Labute approximate surface area is 160 Å². The first-order chi connectivity index (χ1) is 13.4. The molecule has 3 nitrogen and oxygen atoms in total. The number of hydrogen-bond acceptors (Lipinski definition) is 2. The number of allylic oxidation sites excluding steroid dienone is 2. The maximum Gasteiger partial charge on any atom is 0.416 e. The molecule has 1 aliphatic carbocycles. The molecule has 1 aliphatic heterocycles. The fraction of sp³-hybridized carbons (Fsp3) is 0.273. The number of halogens is 3. The van der Waals surface area contributed by atoms with E-state index in [0.717, 1.165) is 17.7 Å². The third-order valence-electron chi connectivity index (χ3n) is 5.31. The lowest BCUT2D eigenvalue weighted by Gasteiger charge is -2.38. The van der Waals surface area contributed by atoms with Crippen LogP contribution < -0.4 is 4.90 Å². The summed E-state index contributed by atoms with van der Waals surface area (Å²) in [6, 6.07) is 14.1. The quantitative estimate of drug-likeness (QED) is 0.710. The molecule has 2 aromatic carbocycles. The number of rotatable bonds is 2. The standard InChI is InChI=1S/C22H18F3NO2/c23-22(24,25)15-8-4-9-16(12-15)26-18-10-5-11-19(27)21(18)17(13-20(26)28)14-6-2-1-3-7-14/h1-4,6-9,12,17H,5,10-11,13H2/t17-/m0/s1. The van der Waals surface area contributed by atoms with Crippen molar-refractivity contribution in [3.63, 3.8) is 0 Å². The molecule has 28 heavy (non-hydrogen) atoms. The summed E-state index contributed by atoms with van der Waals surface area (Å²) in [6.07, 6.45) is -2.97. The minimum Gasteiger partial charge on any atom is -0.294 e. The van der Waals surface area contributed by atoms with Gasteiger partial charge in [0.1, 0.15) is 0 Å². The van der Waals surface area contributed by atoms with Crippen LogP contribution in [0, 0.1) is 0 Å². The van der Waals surface area contributed by atoms with Gasteiger partial charge >= 0.3 is 6.18 Å². The molecule has 2 aromatic rings. The van der Waals surface area contributed by atoms with Crippen molar-refractivity contribution in [3.8, 4) is 0 Å². The highest BCUT2D eigenvalue weighted by Gasteiger charge is 2.40. The molecule has 0 fully saturated rings. The Morgan fingerprint density at radius 3 is 2.39 bits per heavy atom. The molecule has 0 spiro atoms. The van der Waals surface area contributed by atoms with Crippen LogP contribution in [-0.4, -0.2) is 11.7 Å². The molecule has 2 aliphatic rings. The first-order valence-corrected chi connectivity index (χ1v) is 9.17. The summed E-state index contributed by atoms with van der Waals surface area (Å²) in [5.41, 5.74) is 1.33. The zero-order valence-electron chi connectivity index (χ0n) is 15.0. The number of benzene rings is 2. The van der Waals surface area contributed by atoms with Gasteiger partial charge < -0.3 is 0 Å². The number of ketones is 1. The van der Waals surface area contributed by atoms with Crippen molar-refractivity contribution >= 4 is 17.4 Å². The van der Waals surface area contributed by atoms with Gasteiger partial charge in [0.05, 0.1) is 5.56 Å². The zero-order chi connectivity index (χ0) is 19.9. The second-order valence-electron chi connectivity index (χ2n) is 7.08. The largest absolute Gasteiger partial charge is 0.416 e. The zero-order valence-corrected chi connectivity index (χ0v) is 15.0. The first kappa shape index (κ1) is 18.5. The molecule has 0 N–H and O–H groups in total. The van der Waals surface area contributed by atoms with Gasteiger partial charge in [0.25, 0.3) is 0 Å². The SMILES string of the molecule is O=C1CCCC2=C1[C@H](c1ccccc1)CC(=O)N2c1cccc(C(F)(F)F)c1. The van der Waals surface area contributed by atoms with Gasteiger partial charge in [-0.15, -0.1) is 0 Å². The summed E-state index contributed by atoms with van der Waals surface area (Å²) in [7, 11) is 0. The van der Waals surface area contributed by atoms with Crippen molar-refractivity contribution in [2.75, 3.05) is 4.90 Å². The van der Waals surface area contributed by atoms with Gasteiger partial charge in [0.15, 0.2) is 5.78 Å². The summed E-state index contributed by atoms with van der Waals surface area (Å²) >= 11 is 0. The van der Waals surface area contributed by atoms with E-state index in [4.69, 9.17) is 0 Å². The van der Waals surface area contributed by atoms with E-state index in [1.807, 2.05) is 30.3 Å². The number of carbonyl (C=O) groups is 2. The number of alkyl halides is 3. The average Bonchev–Trinajstić information content (AvgIpc) is 2.67. The molecular formula is C22H18F3NO2. The molecule has 1 atom stereocenters. The monoisotopic (exact) mass is 385 g/mol. The number of nitrogens with zero attached hydrogens (tertiary/aromatic N) is 1. The van der Waals surface area contributed by atoms with Crippen LogP contribution in [-0.2, 0) is 15.8 Å². The van der Waals surface area contributed by atoms with Crippen LogP contribution in [0.25, 0.3) is 0 Å². The van der Waals surface area contributed by atoms with Crippen LogP contribution in [0.3, 0.4) is 0 Å². The van der Waals surface area contributed by atoms with Gasteiger partial charge in [0, 0.05) is 35.7 Å². The van der Waals surface area contributed by atoms with E-state index < -0.39 is 11.7 Å². The predicted octanol–water partition coefficient (Wildman–Crippen LogP) is 5.23. The maximum absolute atomic E-state index is 13.1. The smallest absolute Gasteiger partial charge is 0.294 e. The van der Waals surface area contributed by atoms with E-state index in [1.165, 1.54) is 17.0 Å². The van der Waals surface area contributed by atoms with Crippen molar-refractivity contribution in [2.45, 2.75) is 37.8 Å². The van der Waals surface area contributed by atoms with Crippen LogP contribution >= 0.6 is 0 Å². The van der Waals surface area contributed by atoms with E-state index in [1.54, 1.807) is 0 Å². The fourth-order valence-electron chi connectivity index (χ4n) is 4.08. The van der Waals surface area contributed by atoms with Gasteiger partial charge in [-0.1, -0.05) is 36.4 Å². The molecule has 0 bridgehead atoms.